The highest BCUT2D eigenvalue weighted by Crippen LogP contribution is 2.20. The highest BCUT2D eigenvalue weighted by atomic mass is 79.9. The van der Waals surface area contributed by atoms with Crippen molar-refractivity contribution < 1.29 is 0 Å². The van der Waals surface area contributed by atoms with Crippen molar-refractivity contribution in [2.75, 3.05) is 0 Å². The SMILES string of the molecule is CCCCCCn1c(=S)[nH]c2cc(Br)ccc21. The van der Waals surface area contributed by atoms with Crippen molar-refractivity contribution in [1.29, 1.82) is 0 Å². The molecule has 0 unspecified atom stereocenters. The van der Waals surface area contributed by atoms with E-state index in [1.807, 2.05) is 0 Å². The van der Waals surface area contributed by atoms with Crippen LogP contribution in [0.15, 0.2) is 22.7 Å². The summed E-state index contributed by atoms with van der Waals surface area (Å²) in [5.41, 5.74) is 2.31. The average Bonchev–Trinajstić information content (AvgIpc) is 2.60. The molecule has 92 valence electrons. The third-order valence-corrected chi connectivity index (χ3v) is 3.79. The van der Waals surface area contributed by atoms with Crippen molar-refractivity contribution in [3.05, 3.63) is 27.4 Å². The fourth-order valence-corrected chi connectivity index (χ4v) is 2.72. The van der Waals surface area contributed by atoms with E-state index in [4.69, 9.17) is 12.2 Å². The quantitative estimate of drug-likeness (QED) is 0.605. The van der Waals surface area contributed by atoms with Crippen molar-refractivity contribution in [2.45, 2.75) is 39.2 Å². The van der Waals surface area contributed by atoms with Crippen LogP contribution in [0.4, 0.5) is 0 Å². The zero-order valence-corrected chi connectivity index (χ0v) is 12.4. The molecular formula is C13H17BrN2S. The van der Waals surface area contributed by atoms with E-state index in [1.54, 1.807) is 0 Å². The number of fused-ring (bicyclic) bond motifs is 1. The molecule has 0 spiro atoms. The third-order valence-electron chi connectivity index (χ3n) is 2.97. The number of hydrogen-bond donors (Lipinski definition) is 1. The van der Waals surface area contributed by atoms with Gasteiger partial charge in [0.2, 0.25) is 0 Å². The lowest BCUT2D eigenvalue weighted by Gasteiger charge is -2.04. The molecule has 4 heteroatoms. The van der Waals surface area contributed by atoms with E-state index in [2.05, 4.69) is 50.6 Å². The summed E-state index contributed by atoms with van der Waals surface area (Å²) in [6.07, 6.45) is 5.06. The van der Waals surface area contributed by atoms with Crippen molar-refractivity contribution >= 4 is 39.2 Å². The second kappa shape index (κ2) is 5.83. The maximum atomic E-state index is 5.37. The number of aromatic amines is 1. The Morgan fingerprint density at radius 2 is 2.12 bits per heavy atom. The third kappa shape index (κ3) is 2.99. The monoisotopic (exact) mass is 312 g/mol. The Morgan fingerprint density at radius 3 is 2.88 bits per heavy atom. The van der Waals surface area contributed by atoms with E-state index in [-0.39, 0.29) is 0 Å². The largest absolute Gasteiger partial charge is 0.331 e. The number of benzene rings is 1. The van der Waals surface area contributed by atoms with Gasteiger partial charge in [0.05, 0.1) is 11.0 Å². The minimum atomic E-state index is 0.828. The molecule has 0 atom stereocenters. The number of aromatic nitrogens is 2. The zero-order chi connectivity index (χ0) is 12.3. The van der Waals surface area contributed by atoms with Gasteiger partial charge in [-0.15, -0.1) is 0 Å². The molecule has 2 rings (SSSR count). The zero-order valence-electron chi connectivity index (χ0n) is 10.0. The molecule has 0 bridgehead atoms. The molecule has 0 fully saturated rings. The van der Waals surface area contributed by atoms with Gasteiger partial charge in [-0.2, -0.15) is 0 Å². The predicted octanol–water partition coefficient (Wildman–Crippen LogP) is 5.04. The van der Waals surface area contributed by atoms with Crippen LogP contribution in [0.5, 0.6) is 0 Å². The Balaban J connectivity index is 2.21. The smallest absolute Gasteiger partial charge is 0.178 e. The summed E-state index contributed by atoms with van der Waals surface area (Å²) in [4.78, 5) is 3.26. The Bertz CT molecular complexity index is 556. The highest BCUT2D eigenvalue weighted by Gasteiger charge is 2.04. The second-order valence-electron chi connectivity index (χ2n) is 4.30. The van der Waals surface area contributed by atoms with Crippen LogP contribution in [0.2, 0.25) is 0 Å². The summed E-state index contributed by atoms with van der Waals surface area (Å²) in [5.74, 6) is 0. The Hall–Kier alpha value is -0.610. The van der Waals surface area contributed by atoms with Crippen molar-refractivity contribution in [1.82, 2.24) is 9.55 Å². The maximum Gasteiger partial charge on any atom is 0.178 e. The molecule has 1 heterocycles. The van der Waals surface area contributed by atoms with E-state index in [9.17, 15) is 0 Å². The number of aryl methyl sites for hydroxylation is 1. The molecule has 1 N–H and O–H groups in total. The van der Waals surface area contributed by atoms with Crippen LogP contribution in [0.25, 0.3) is 11.0 Å². The first-order valence-electron chi connectivity index (χ1n) is 6.10. The molecule has 17 heavy (non-hydrogen) atoms. The summed E-state index contributed by atoms with van der Waals surface area (Å²) in [6.45, 7) is 3.25. The number of rotatable bonds is 5. The van der Waals surface area contributed by atoms with Gasteiger partial charge in [0.25, 0.3) is 0 Å². The van der Waals surface area contributed by atoms with Gasteiger partial charge in [0.15, 0.2) is 4.77 Å². The maximum absolute atomic E-state index is 5.37. The molecule has 1 aromatic carbocycles. The standard InChI is InChI=1S/C13H17BrN2S/c1-2-3-4-5-8-16-12-7-6-10(14)9-11(12)15-13(16)17/h6-7,9H,2-5,8H2,1H3,(H,15,17). The minimum absolute atomic E-state index is 0.828. The van der Waals surface area contributed by atoms with Crippen LogP contribution < -0.4 is 0 Å². The van der Waals surface area contributed by atoms with Gasteiger partial charge in [-0.1, -0.05) is 42.1 Å². The van der Waals surface area contributed by atoms with Crippen LogP contribution in [0, 0.1) is 4.77 Å². The summed E-state index contributed by atoms with van der Waals surface area (Å²) in [7, 11) is 0. The highest BCUT2D eigenvalue weighted by molar-refractivity contribution is 9.10. The first-order valence-corrected chi connectivity index (χ1v) is 7.30. The Kier molecular flexibility index (Phi) is 4.40. The summed E-state index contributed by atoms with van der Waals surface area (Å²) in [5, 5.41) is 0. The lowest BCUT2D eigenvalue weighted by molar-refractivity contribution is 0.587. The fraction of sp³-hybridized carbons (Fsp3) is 0.462. The Labute approximate surface area is 115 Å². The first-order chi connectivity index (χ1) is 8.22. The van der Waals surface area contributed by atoms with Gasteiger partial charge in [-0.3, -0.25) is 0 Å². The van der Waals surface area contributed by atoms with Gasteiger partial charge in [0, 0.05) is 11.0 Å². The average molecular weight is 313 g/mol. The fourth-order valence-electron chi connectivity index (χ4n) is 2.05. The number of hydrogen-bond acceptors (Lipinski definition) is 1. The summed E-state index contributed by atoms with van der Waals surface area (Å²) >= 11 is 8.84. The molecule has 0 saturated heterocycles. The summed E-state index contributed by atoms with van der Waals surface area (Å²) < 4.78 is 4.11. The molecule has 2 nitrogen and oxygen atoms in total. The van der Waals surface area contributed by atoms with Gasteiger partial charge in [-0.25, -0.2) is 0 Å². The molecule has 1 aromatic heterocycles. The van der Waals surface area contributed by atoms with Gasteiger partial charge in [-0.05, 0) is 36.8 Å². The van der Waals surface area contributed by atoms with Crippen LogP contribution in [-0.4, -0.2) is 9.55 Å². The second-order valence-corrected chi connectivity index (χ2v) is 5.61. The number of halogens is 1. The Morgan fingerprint density at radius 1 is 1.29 bits per heavy atom. The van der Waals surface area contributed by atoms with Crippen molar-refractivity contribution in [3.8, 4) is 0 Å². The van der Waals surface area contributed by atoms with Gasteiger partial charge >= 0.3 is 0 Å². The molecule has 2 aromatic rings. The normalized spacial score (nSPS) is 11.2. The first kappa shape index (κ1) is 12.8. The molecule has 0 aliphatic rings. The predicted molar refractivity (Wildman–Crippen MR) is 79.0 cm³/mol. The molecule has 0 aliphatic carbocycles. The molecule has 0 radical (unpaired) electrons. The van der Waals surface area contributed by atoms with E-state index >= 15 is 0 Å². The van der Waals surface area contributed by atoms with Gasteiger partial charge < -0.3 is 9.55 Å². The van der Waals surface area contributed by atoms with Crippen LogP contribution in [-0.2, 0) is 6.54 Å². The van der Waals surface area contributed by atoms with Crippen molar-refractivity contribution in [3.63, 3.8) is 0 Å². The number of H-pyrrole nitrogens is 1. The van der Waals surface area contributed by atoms with E-state index in [0.29, 0.717) is 0 Å². The number of imidazole rings is 1. The van der Waals surface area contributed by atoms with E-state index in [1.165, 1.54) is 31.2 Å². The van der Waals surface area contributed by atoms with Gasteiger partial charge in [0.1, 0.15) is 0 Å². The van der Waals surface area contributed by atoms with Crippen LogP contribution in [0.1, 0.15) is 32.6 Å². The van der Waals surface area contributed by atoms with Crippen LogP contribution >= 0.6 is 28.1 Å². The topological polar surface area (TPSA) is 20.7 Å². The molecule has 0 amide bonds. The molecule has 0 saturated carbocycles. The molecule has 0 aliphatic heterocycles. The lowest BCUT2D eigenvalue weighted by Crippen LogP contribution is -1.97. The lowest BCUT2D eigenvalue weighted by atomic mass is 10.2. The number of unbranched alkanes of at least 4 members (excludes halogenated alkanes) is 3. The number of nitrogens with zero attached hydrogens (tertiary/aromatic N) is 1. The molecular weight excluding hydrogens is 296 g/mol. The summed E-state index contributed by atoms with van der Waals surface area (Å²) in [6, 6.07) is 6.26. The number of nitrogens with one attached hydrogen (secondary N) is 1. The minimum Gasteiger partial charge on any atom is -0.331 e. The van der Waals surface area contributed by atoms with E-state index < -0.39 is 0 Å². The van der Waals surface area contributed by atoms with Crippen molar-refractivity contribution in [2.24, 2.45) is 0 Å². The van der Waals surface area contributed by atoms with E-state index in [0.717, 1.165) is 21.3 Å². The van der Waals surface area contributed by atoms with Crippen LogP contribution in [0.3, 0.4) is 0 Å².